The molecule has 104 valence electrons. The van der Waals surface area contributed by atoms with Crippen molar-refractivity contribution in [2.45, 2.75) is 26.3 Å². The van der Waals surface area contributed by atoms with Gasteiger partial charge in [0.1, 0.15) is 0 Å². The van der Waals surface area contributed by atoms with Crippen LogP contribution in [0.25, 0.3) is 0 Å². The van der Waals surface area contributed by atoms with Crippen LogP contribution in [-0.4, -0.2) is 65.9 Å². The Morgan fingerprint density at radius 1 is 1.06 bits per heavy atom. The van der Waals surface area contributed by atoms with Crippen molar-refractivity contribution in [3.8, 4) is 0 Å². The molecule has 0 heterocycles. The Balaban J connectivity index is 4.30. The summed E-state index contributed by atoms with van der Waals surface area (Å²) in [6.45, 7) is 6.32. The standard InChI is InChI=1S/C11H27NO4Si/c1-5-14-17(15-6-2,16-10-9-13)11-7-8-12(3)4/h13H,5-11H2,1-4H3. The second-order valence-electron chi connectivity index (χ2n) is 4.03. The van der Waals surface area contributed by atoms with E-state index in [1.807, 2.05) is 27.9 Å². The first-order valence-electron chi connectivity index (χ1n) is 6.27. The average molecular weight is 265 g/mol. The Bertz CT molecular complexity index is 175. The van der Waals surface area contributed by atoms with Crippen LogP contribution in [0.2, 0.25) is 6.04 Å². The minimum atomic E-state index is -2.57. The molecule has 0 saturated heterocycles. The number of aliphatic hydroxyl groups is 1. The first kappa shape index (κ1) is 17.0. The largest absolute Gasteiger partial charge is 0.501 e. The molecule has 5 nitrogen and oxygen atoms in total. The predicted molar refractivity (Wildman–Crippen MR) is 70.0 cm³/mol. The van der Waals surface area contributed by atoms with Gasteiger partial charge in [0.15, 0.2) is 0 Å². The zero-order chi connectivity index (χ0) is 13.1. The molecule has 0 radical (unpaired) electrons. The van der Waals surface area contributed by atoms with E-state index in [9.17, 15) is 0 Å². The van der Waals surface area contributed by atoms with Crippen molar-refractivity contribution >= 4 is 8.80 Å². The molecule has 0 saturated carbocycles. The summed E-state index contributed by atoms with van der Waals surface area (Å²) >= 11 is 0. The van der Waals surface area contributed by atoms with E-state index < -0.39 is 8.80 Å². The van der Waals surface area contributed by atoms with Gasteiger partial charge >= 0.3 is 8.80 Å². The van der Waals surface area contributed by atoms with Crippen molar-refractivity contribution in [1.29, 1.82) is 0 Å². The van der Waals surface area contributed by atoms with Crippen LogP contribution in [0, 0.1) is 0 Å². The minimum absolute atomic E-state index is 0.00256. The second-order valence-corrected chi connectivity index (χ2v) is 6.76. The van der Waals surface area contributed by atoms with Gasteiger partial charge in [0.05, 0.1) is 13.2 Å². The van der Waals surface area contributed by atoms with Crippen LogP contribution in [0.15, 0.2) is 0 Å². The van der Waals surface area contributed by atoms with Gasteiger partial charge in [-0.25, -0.2) is 0 Å². The Morgan fingerprint density at radius 2 is 1.65 bits per heavy atom. The molecule has 0 aromatic rings. The Kier molecular flexibility index (Phi) is 10.00. The Hall–Kier alpha value is 0.0169. The Labute approximate surface area is 106 Å². The van der Waals surface area contributed by atoms with Gasteiger partial charge in [-0.05, 0) is 40.9 Å². The molecule has 0 rings (SSSR count). The van der Waals surface area contributed by atoms with E-state index in [1.165, 1.54) is 0 Å². The third-order valence-corrected chi connectivity index (χ3v) is 5.30. The zero-order valence-corrected chi connectivity index (χ0v) is 12.6. The van der Waals surface area contributed by atoms with E-state index in [0.717, 1.165) is 19.0 Å². The van der Waals surface area contributed by atoms with Gasteiger partial charge in [-0.2, -0.15) is 0 Å². The van der Waals surface area contributed by atoms with Crippen LogP contribution in [0.3, 0.4) is 0 Å². The minimum Gasteiger partial charge on any atom is -0.394 e. The number of nitrogens with zero attached hydrogens (tertiary/aromatic N) is 1. The number of rotatable bonds is 11. The summed E-state index contributed by atoms with van der Waals surface area (Å²) in [4.78, 5) is 2.13. The van der Waals surface area contributed by atoms with E-state index >= 15 is 0 Å². The molecule has 1 N–H and O–H groups in total. The van der Waals surface area contributed by atoms with Crippen molar-refractivity contribution in [1.82, 2.24) is 4.90 Å². The fourth-order valence-corrected chi connectivity index (χ4v) is 4.15. The second kappa shape index (κ2) is 9.99. The van der Waals surface area contributed by atoms with E-state index in [4.69, 9.17) is 18.4 Å². The van der Waals surface area contributed by atoms with E-state index in [-0.39, 0.29) is 13.2 Å². The molecule has 0 fully saturated rings. The average Bonchev–Trinajstić information content (AvgIpc) is 2.26. The van der Waals surface area contributed by atoms with Gasteiger partial charge in [-0.3, -0.25) is 0 Å². The lowest BCUT2D eigenvalue weighted by Gasteiger charge is -2.29. The SMILES string of the molecule is CCO[Si](CCCN(C)C)(OCC)OCCO. The smallest absolute Gasteiger partial charge is 0.394 e. The number of hydrogen-bond acceptors (Lipinski definition) is 5. The molecule has 6 heteroatoms. The third kappa shape index (κ3) is 7.85. The van der Waals surface area contributed by atoms with Gasteiger partial charge in [-0.15, -0.1) is 0 Å². The maximum absolute atomic E-state index is 8.86. The third-order valence-electron chi connectivity index (χ3n) is 2.23. The maximum atomic E-state index is 8.86. The van der Waals surface area contributed by atoms with E-state index in [1.54, 1.807) is 0 Å². The maximum Gasteiger partial charge on any atom is 0.501 e. The molecule has 0 aromatic carbocycles. The summed E-state index contributed by atoms with van der Waals surface area (Å²) in [5, 5.41) is 8.86. The first-order valence-corrected chi connectivity index (χ1v) is 8.20. The fraction of sp³-hybridized carbons (Fsp3) is 1.00. The van der Waals surface area contributed by atoms with Gasteiger partial charge in [0.25, 0.3) is 0 Å². The van der Waals surface area contributed by atoms with Crippen LogP contribution in [-0.2, 0) is 13.3 Å². The molecule has 0 aliphatic heterocycles. The fourth-order valence-electron chi connectivity index (χ4n) is 1.59. The van der Waals surface area contributed by atoms with Crippen LogP contribution in [0.5, 0.6) is 0 Å². The summed E-state index contributed by atoms with van der Waals surface area (Å²) in [6.07, 6.45) is 0.977. The molecule has 0 aromatic heterocycles. The Morgan fingerprint density at radius 3 is 2.06 bits per heavy atom. The van der Waals surface area contributed by atoms with Crippen LogP contribution in [0.1, 0.15) is 20.3 Å². The van der Waals surface area contributed by atoms with Crippen LogP contribution >= 0.6 is 0 Å². The van der Waals surface area contributed by atoms with Crippen LogP contribution < -0.4 is 0 Å². The molecular formula is C11H27NO4Si. The first-order chi connectivity index (χ1) is 8.10. The summed E-state index contributed by atoms with van der Waals surface area (Å²) in [5.74, 6) is 0. The highest BCUT2D eigenvalue weighted by atomic mass is 28.4. The van der Waals surface area contributed by atoms with Crippen molar-refractivity contribution in [3.63, 3.8) is 0 Å². The molecule has 0 atom stereocenters. The molecule has 0 unspecified atom stereocenters. The lowest BCUT2D eigenvalue weighted by molar-refractivity contribution is 0.0526. The normalized spacial score (nSPS) is 12.4. The molecule has 17 heavy (non-hydrogen) atoms. The molecule has 0 spiro atoms. The monoisotopic (exact) mass is 265 g/mol. The quantitative estimate of drug-likeness (QED) is 0.564. The zero-order valence-electron chi connectivity index (χ0n) is 11.6. The topological polar surface area (TPSA) is 51.2 Å². The molecule has 0 aliphatic carbocycles. The summed E-state index contributed by atoms with van der Waals surface area (Å²) in [5.41, 5.74) is 0. The van der Waals surface area contributed by atoms with E-state index in [0.29, 0.717) is 13.2 Å². The summed E-state index contributed by atoms with van der Waals surface area (Å²) in [6, 6.07) is 0.798. The summed E-state index contributed by atoms with van der Waals surface area (Å²) < 4.78 is 17.1. The van der Waals surface area contributed by atoms with Gasteiger partial charge in [0, 0.05) is 19.3 Å². The number of hydrogen-bond donors (Lipinski definition) is 1. The molecule has 0 bridgehead atoms. The van der Waals surface area contributed by atoms with Crippen molar-refractivity contribution in [2.75, 3.05) is 47.1 Å². The van der Waals surface area contributed by atoms with Gasteiger partial charge in [0.2, 0.25) is 0 Å². The van der Waals surface area contributed by atoms with Crippen molar-refractivity contribution in [2.24, 2.45) is 0 Å². The molecule has 0 aliphatic rings. The van der Waals surface area contributed by atoms with Gasteiger partial charge < -0.3 is 23.3 Å². The van der Waals surface area contributed by atoms with Gasteiger partial charge in [-0.1, -0.05) is 0 Å². The molecular weight excluding hydrogens is 238 g/mol. The molecule has 0 amide bonds. The highest BCUT2D eigenvalue weighted by molar-refractivity contribution is 6.60. The predicted octanol–water partition coefficient (Wildman–Crippen LogP) is 0.959. The van der Waals surface area contributed by atoms with Crippen LogP contribution in [0.4, 0.5) is 0 Å². The lowest BCUT2D eigenvalue weighted by atomic mass is 10.5. The highest BCUT2D eigenvalue weighted by Crippen LogP contribution is 2.18. The van der Waals surface area contributed by atoms with E-state index in [2.05, 4.69) is 4.90 Å². The lowest BCUT2D eigenvalue weighted by Crippen LogP contribution is -2.47. The van der Waals surface area contributed by atoms with Crippen molar-refractivity contribution in [3.05, 3.63) is 0 Å². The summed E-state index contributed by atoms with van der Waals surface area (Å²) in [7, 11) is 1.51. The number of aliphatic hydroxyl groups excluding tert-OH is 1. The van der Waals surface area contributed by atoms with Crippen molar-refractivity contribution < 1.29 is 18.4 Å². The highest BCUT2D eigenvalue weighted by Gasteiger charge is 2.39.